The third kappa shape index (κ3) is 2.40. The summed E-state index contributed by atoms with van der Waals surface area (Å²) in [6.07, 6.45) is 0. The van der Waals surface area contributed by atoms with Crippen molar-refractivity contribution in [3.8, 4) is 0 Å². The molecule has 0 bridgehead atoms. The molecule has 7 heteroatoms. The summed E-state index contributed by atoms with van der Waals surface area (Å²) >= 11 is 10.2. The smallest absolute Gasteiger partial charge is 0.168 e. The van der Waals surface area contributed by atoms with E-state index < -0.39 is 11.6 Å². The van der Waals surface area contributed by atoms with E-state index in [0.717, 1.165) is 6.07 Å². The van der Waals surface area contributed by atoms with E-state index >= 15 is 0 Å². The molecule has 76 valence electrons. The molecule has 0 saturated heterocycles. The molecule has 0 unspecified atom stereocenters. The van der Waals surface area contributed by atoms with E-state index in [-0.39, 0.29) is 19.7 Å². The molecule has 0 aromatic heterocycles. The molecule has 0 atom stereocenters. The van der Waals surface area contributed by atoms with Crippen LogP contribution in [0.25, 0.3) is 0 Å². The summed E-state index contributed by atoms with van der Waals surface area (Å²) in [5.41, 5.74) is 5.32. The molecular weight excluding hydrogens is 342 g/mol. The van der Waals surface area contributed by atoms with E-state index in [9.17, 15) is 8.78 Å². The van der Waals surface area contributed by atoms with Gasteiger partial charge in [-0.2, -0.15) is 0 Å². The Kier molecular flexibility index (Phi) is 3.79. The van der Waals surface area contributed by atoms with Gasteiger partial charge < -0.3 is 11.1 Å². The van der Waals surface area contributed by atoms with E-state index in [1.54, 1.807) is 0 Å². The van der Waals surface area contributed by atoms with Crippen LogP contribution in [0.5, 0.6) is 0 Å². The summed E-state index contributed by atoms with van der Waals surface area (Å²) in [6, 6.07) is 1.08. The standard InChI is InChI=1S/C7H4Br2F2N2S/c8-4-2(10)1-3(13-7(12)14)5(9)6(4)11/h1H,(H3,12,13,14). The number of anilines is 1. The van der Waals surface area contributed by atoms with Crippen molar-refractivity contribution < 1.29 is 8.78 Å². The van der Waals surface area contributed by atoms with Gasteiger partial charge in [-0.25, -0.2) is 8.78 Å². The number of halogens is 4. The van der Waals surface area contributed by atoms with Gasteiger partial charge in [-0.05, 0) is 50.1 Å². The zero-order valence-corrected chi connectivity index (χ0v) is 10.6. The number of hydrogen-bond acceptors (Lipinski definition) is 1. The Balaban J connectivity index is 3.25. The Labute approximate surface area is 101 Å². The third-order valence-electron chi connectivity index (χ3n) is 1.36. The first kappa shape index (κ1) is 11.8. The van der Waals surface area contributed by atoms with Crippen molar-refractivity contribution in [1.29, 1.82) is 0 Å². The summed E-state index contributed by atoms with van der Waals surface area (Å²) in [5, 5.41) is 2.38. The summed E-state index contributed by atoms with van der Waals surface area (Å²) in [5.74, 6) is -1.48. The first-order valence-electron chi connectivity index (χ1n) is 3.33. The Morgan fingerprint density at radius 2 is 1.93 bits per heavy atom. The third-order valence-corrected chi connectivity index (χ3v) is 2.96. The van der Waals surface area contributed by atoms with Gasteiger partial charge in [-0.1, -0.05) is 0 Å². The molecule has 0 aliphatic carbocycles. The molecule has 0 spiro atoms. The topological polar surface area (TPSA) is 38.0 Å². The molecule has 0 radical (unpaired) electrons. The van der Waals surface area contributed by atoms with Crippen LogP contribution in [-0.2, 0) is 0 Å². The van der Waals surface area contributed by atoms with Crippen LogP contribution < -0.4 is 11.1 Å². The molecule has 0 aliphatic heterocycles. The van der Waals surface area contributed by atoms with Crippen molar-refractivity contribution in [2.75, 3.05) is 5.32 Å². The van der Waals surface area contributed by atoms with E-state index in [0.29, 0.717) is 0 Å². The number of hydrogen-bond donors (Lipinski definition) is 2. The van der Waals surface area contributed by atoms with Crippen molar-refractivity contribution >= 4 is 54.9 Å². The van der Waals surface area contributed by atoms with Crippen molar-refractivity contribution in [3.63, 3.8) is 0 Å². The van der Waals surface area contributed by atoms with Crippen LogP contribution in [-0.4, -0.2) is 5.11 Å². The van der Waals surface area contributed by atoms with Gasteiger partial charge in [0.15, 0.2) is 10.9 Å². The summed E-state index contributed by atoms with van der Waals surface area (Å²) in [7, 11) is 0. The van der Waals surface area contributed by atoms with Crippen LogP contribution in [0.3, 0.4) is 0 Å². The quantitative estimate of drug-likeness (QED) is 0.466. The minimum Gasteiger partial charge on any atom is -0.376 e. The Hall–Kier alpha value is -0.270. The second-order valence-corrected chi connectivity index (χ2v) is 4.36. The average Bonchev–Trinajstić information content (AvgIpc) is 2.10. The number of nitrogens with one attached hydrogen (secondary N) is 1. The van der Waals surface area contributed by atoms with Gasteiger partial charge >= 0.3 is 0 Å². The molecule has 0 amide bonds. The zero-order chi connectivity index (χ0) is 10.9. The molecule has 2 nitrogen and oxygen atoms in total. The van der Waals surface area contributed by atoms with Gasteiger partial charge in [0.05, 0.1) is 14.6 Å². The lowest BCUT2D eigenvalue weighted by Gasteiger charge is -2.08. The highest BCUT2D eigenvalue weighted by Gasteiger charge is 2.14. The van der Waals surface area contributed by atoms with Gasteiger partial charge in [0, 0.05) is 0 Å². The van der Waals surface area contributed by atoms with Crippen LogP contribution in [0.4, 0.5) is 14.5 Å². The average molecular weight is 346 g/mol. The van der Waals surface area contributed by atoms with E-state index in [1.807, 2.05) is 0 Å². The number of nitrogens with two attached hydrogens (primary N) is 1. The monoisotopic (exact) mass is 344 g/mol. The predicted octanol–water partition coefficient (Wildman–Crippen LogP) is 3.15. The lowest BCUT2D eigenvalue weighted by molar-refractivity contribution is 0.569. The highest BCUT2D eigenvalue weighted by molar-refractivity contribution is 9.11. The highest BCUT2D eigenvalue weighted by Crippen LogP contribution is 2.32. The molecule has 1 rings (SSSR count). The van der Waals surface area contributed by atoms with E-state index in [4.69, 9.17) is 5.73 Å². The molecule has 1 aromatic rings. The van der Waals surface area contributed by atoms with Crippen LogP contribution in [0.2, 0.25) is 0 Å². The minimum atomic E-state index is -0.747. The van der Waals surface area contributed by atoms with Crippen molar-refractivity contribution in [2.45, 2.75) is 0 Å². The first-order valence-corrected chi connectivity index (χ1v) is 5.32. The van der Waals surface area contributed by atoms with Gasteiger partial charge in [0.1, 0.15) is 5.82 Å². The van der Waals surface area contributed by atoms with Crippen LogP contribution in [0.15, 0.2) is 15.0 Å². The fraction of sp³-hybridized carbons (Fsp3) is 0. The minimum absolute atomic E-state index is 0.0631. The van der Waals surface area contributed by atoms with Crippen molar-refractivity contribution in [2.24, 2.45) is 5.73 Å². The Morgan fingerprint density at radius 3 is 2.43 bits per heavy atom. The van der Waals surface area contributed by atoms with Crippen LogP contribution in [0.1, 0.15) is 0 Å². The van der Waals surface area contributed by atoms with Gasteiger partial charge in [0.25, 0.3) is 0 Å². The largest absolute Gasteiger partial charge is 0.376 e. The molecule has 0 heterocycles. The maximum Gasteiger partial charge on any atom is 0.168 e. The van der Waals surface area contributed by atoms with Crippen LogP contribution >= 0.6 is 44.1 Å². The normalized spacial score (nSPS) is 10.0. The fourth-order valence-electron chi connectivity index (χ4n) is 0.797. The lowest BCUT2D eigenvalue weighted by Crippen LogP contribution is -2.19. The number of thiocarbonyl (C=S) groups is 1. The molecule has 0 fully saturated rings. The second kappa shape index (κ2) is 4.50. The molecule has 14 heavy (non-hydrogen) atoms. The Morgan fingerprint density at radius 1 is 1.36 bits per heavy atom. The van der Waals surface area contributed by atoms with Gasteiger partial charge in [0.2, 0.25) is 0 Å². The van der Waals surface area contributed by atoms with Gasteiger partial charge in [-0.15, -0.1) is 0 Å². The maximum absolute atomic E-state index is 13.2. The van der Waals surface area contributed by atoms with E-state index in [2.05, 4.69) is 49.4 Å². The molecule has 3 N–H and O–H groups in total. The zero-order valence-electron chi connectivity index (χ0n) is 6.57. The van der Waals surface area contributed by atoms with Crippen LogP contribution in [0, 0.1) is 11.6 Å². The Bertz CT molecular complexity index is 398. The molecular formula is C7H4Br2F2N2S. The molecule has 0 aliphatic rings. The summed E-state index contributed by atoms with van der Waals surface area (Å²) in [6.45, 7) is 0. The van der Waals surface area contributed by atoms with Gasteiger partial charge in [-0.3, -0.25) is 0 Å². The molecule has 0 saturated carbocycles. The summed E-state index contributed by atoms with van der Waals surface area (Å²) < 4.78 is 26.1. The molecule has 1 aromatic carbocycles. The maximum atomic E-state index is 13.2. The first-order chi connectivity index (χ1) is 6.43. The predicted molar refractivity (Wildman–Crippen MR) is 62.2 cm³/mol. The fourth-order valence-corrected chi connectivity index (χ4v) is 1.90. The SMILES string of the molecule is NC(=S)Nc1cc(F)c(Br)c(F)c1Br. The number of rotatable bonds is 1. The van der Waals surface area contributed by atoms with Crippen molar-refractivity contribution in [1.82, 2.24) is 0 Å². The summed E-state index contributed by atoms with van der Waals surface area (Å²) in [4.78, 5) is 0. The lowest BCUT2D eigenvalue weighted by atomic mass is 10.3. The number of benzene rings is 1. The van der Waals surface area contributed by atoms with E-state index in [1.165, 1.54) is 0 Å². The highest BCUT2D eigenvalue weighted by atomic mass is 79.9. The van der Waals surface area contributed by atoms with Crippen molar-refractivity contribution in [3.05, 3.63) is 26.6 Å². The second-order valence-electron chi connectivity index (χ2n) is 2.34.